The number of amides is 1. The van der Waals surface area contributed by atoms with Crippen molar-refractivity contribution in [2.45, 2.75) is 0 Å². The number of fused-ring (bicyclic) bond motifs is 1. The first kappa shape index (κ1) is 20.6. The summed E-state index contributed by atoms with van der Waals surface area (Å²) in [5.74, 6) is -0.263. The molecule has 1 amide bonds. The van der Waals surface area contributed by atoms with Gasteiger partial charge in [0.2, 0.25) is 0 Å². The molecule has 2 heterocycles. The number of methoxy groups -OCH3 is 2. The number of nitrogens with zero attached hydrogens (tertiary/aromatic N) is 4. The first-order valence-corrected chi connectivity index (χ1v) is 9.77. The molecule has 2 aliphatic rings. The van der Waals surface area contributed by atoms with E-state index in [1.54, 1.807) is 24.3 Å². The highest BCUT2D eigenvalue weighted by Gasteiger charge is 2.38. The molecule has 162 valence electrons. The van der Waals surface area contributed by atoms with Gasteiger partial charge in [0.05, 0.1) is 37.1 Å². The Kier molecular flexibility index (Phi) is 5.47. The normalized spacial score (nSPS) is 16.5. The van der Waals surface area contributed by atoms with Crippen LogP contribution in [0.4, 0.5) is 17.1 Å². The molecule has 0 aromatic heterocycles. The molecule has 31 heavy (non-hydrogen) atoms. The van der Waals surface area contributed by atoms with E-state index in [1.807, 2.05) is 0 Å². The van der Waals surface area contributed by atoms with Crippen molar-refractivity contribution < 1.29 is 24.0 Å². The van der Waals surface area contributed by atoms with Crippen LogP contribution in [-0.4, -0.2) is 68.6 Å². The van der Waals surface area contributed by atoms with Gasteiger partial charge in [-0.1, -0.05) is 0 Å². The van der Waals surface area contributed by atoms with Crippen LogP contribution in [0.1, 0.15) is 10.4 Å². The van der Waals surface area contributed by atoms with Gasteiger partial charge in [0.1, 0.15) is 0 Å². The van der Waals surface area contributed by atoms with E-state index in [0.29, 0.717) is 55.6 Å². The van der Waals surface area contributed by atoms with Gasteiger partial charge < -0.3 is 14.4 Å². The monoisotopic (exact) mass is 426 g/mol. The van der Waals surface area contributed by atoms with Crippen LogP contribution in [0, 0.1) is 10.1 Å². The Labute approximate surface area is 178 Å². The van der Waals surface area contributed by atoms with E-state index in [2.05, 4.69) is 9.80 Å². The van der Waals surface area contributed by atoms with Crippen LogP contribution in [0.15, 0.2) is 36.4 Å². The van der Waals surface area contributed by atoms with Crippen molar-refractivity contribution in [1.82, 2.24) is 4.90 Å². The summed E-state index contributed by atoms with van der Waals surface area (Å²) in [6, 6.07) is 9.67. The molecule has 0 bridgehead atoms. The minimum absolute atomic E-state index is 0.0605. The summed E-state index contributed by atoms with van der Waals surface area (Å²) in [5.41, 5.74) is 1.81. The Balaban J connectivity index is 1.45. The van der Waals surface area contributed by atoms with Gasteiger partial charge in [-0.2, -0.15) is 0 Å². The van der Waals surface area contributed by atoms with Crippen LogP contribution in [0.5, 0.6) is 11.5 Å². The quantitative estimate of drug-likeness (QED) is 0.392. The number of piperazine rings is 1. The zero-order valence-corrected chi connectivity index (χ0v) is 17.2. The number of carbonyl (C=O) groups is 2. The number of nitro benzene ring substituents is 1. The number of Topliss-reactive ketones (excluding diaryl/α,β-unsaturated/α-hetero) is 1. The standard InChI is InChI=1S/C21H22N4O6/c1-30-18-11-16-17(12-19(18)31-2)24(21(27)20(16)26)13-22-7-9-23(10-8-22)14-3-5-15(6-4-14)25(28)29/h3-6,11-12H,7-10,13H2,1-2H3. The fraction of sp³-hybridized carbons (Fsp3) is 0.333. The van der Waals surface area contributed by atoms with Crippen molar-refractivity contribution in [1.29, 1.82) is 0 Å². The zero-order chi connectivity index (χ0) is 22.1. The number of hydrogen-bond acceptors (Lipinski definition) is 8. The molecule has 0 N–H and O–H groups in total. The van der Waals surface area contributed by atoms with Gasteiger partial charge in [0, 0.05) is 50.1 Å². The highest BCUT2D eigenvalue weighted by molar-refractivity contribution is 6.52. The van der Waals surface area contributed by atoms with Gasteiger partial charge in [0.25, 0.3) is 11.5 Å². The van der Waals surface area contributed by atoms with Crippen LogP contribution in [-0.2, 0) is 4.79 Å². The first-order chi connectivity index (χ1) is 14.9. The van der Waals surface area contributed by atoms with Gasteiger partial charge in [-0.15, -0.1) is 0 Å². The van der Waals surface area contributed by atoms with E-state index >= 15 is 0 Å². The number of anilines is 2. The minimum Gasteiger partial charge on any atom is -0.493 e. The van der Waals surface area contributed by atoms with E-state index < -0.39 is 16.6 Å². The molecule has 0 unspecified atom stereocenters. The minimum atomic E-state index is -0.567. The summed E-state index contributed by atoms with van der Waals surface area (Å²) in [6.45, 7) is 3.05. The Morgan fingerprint density at radius 2 is 1.58 bits per heavy atom. The molecule has 2 aliphatic heterocycles. The molecule has 0 radical (unpaired) electrons. The van der Waals surface area contributed by atoms with E-state index in [1.165, 1.54) is 31.3 Å². The second-order valence-electron chi connectivity index (χ2n) is 7.31. The zero-order valence-electron chi connectivity index (χ0n) is 17.2. The van der Waals surface area contributed by atoms with Gasteiger partial charge >= 0.3 is 5.91 Å². The maximum absolute atomic E-state index is 12.6. The lowest BCUT2D eigenvalue weighted by atomic mass is 10.1. The number of non-ortho nitro benzene ring substituents is 1. The number of ether oxygens (including phenoxy) is 2. The topological polar surface area (TPSA) is 105 Å². The molecule has 0 spiro atoms. The van der Waals surface area contributed by atoms with Crippen LogP contribution in [0.3, 0.4) is 0 Å². The van der Waals surface area contributed by atoms with E-state index in [9.17, 15) is 19.7 Å². The molecular weight excluding hydrogens is 404 g/mol. The Morgan fingerprint density at radius 1 is 0.968 bits per heavy atom. The molecule has 2 aromatic carbocycles. The maximum Gasteiger partial charge on any atom is 0.300 e. The Bertz CT molecular complexity index is 1030. The van der Waals surface area contributed by atoms with Crippen molar-refractivity contribution in [2.24, 2.45) is 0 Å². The second-order valence-corrected chi connectivity index (χ2v) is 7.31. The Hall–Kier alpha value is -3.66. The molecule has 10 nitrogen and oxygen atoms in total. The SMILES string of the molecule is COc1cc2c(cc1OC)N(CN1CCN(c3ccc([N+](=O)[O-])cc3)CC1)C(=O)C2=O. The smallest absolute Gasteiger partial charge is 0.300 e. The largest absolute Gasteiger partial charge is 0.493 e. The third-order valence-corrected chi connectivity index (χ3v) is 5.62. The summed E-state index contributed by atoms with van der Waals surface area (Å²) in [6.07, 6.45) is 0. The Morgan fingerprint density at radius 3 is 2.16 bits per heavy atom. The van der Waals surface area contributed by atoms with Gasteiger partial charge in [-0.25, -0.2) is 0 Å². The molecule has 1 saturated heterocycles. The lowest BCUT2D eigenvalue weighted by Gasteiger charge is -2.37. The summed E-state index contributed by atoms with van der Waals surface area (Å²) in [4.78, 5) is 41.2. The molecule has 2 aromatic rings. The van der Waals surface area contributed by atoms with E-state index in [-0.39, 0.29) is 5.69 Å². The van der Waals surface area contributed by atoms with Gasteiger partial charge in [-0.3, -0.25) is 29.5 Å². The van der Waals surface area contributed by atoms with Crippen LogP contribution >= 0.6 is 0 Å². The second kappa shape index (κ2) is 8.23. The summed E-state index contributed by atoms with van der Waals surface area (Å²) in [5, 5.41) is 10.8. The molecule has 0 aliphatic carbocycles. The van der Waals surface area contributed by atoms with Crippen LogP contribution in [0.25, 0.3) is 0 Å². The van der Waals surface area contributed by atoms with Crippen molar-refractivity contribution in [3.8, 4) is 11.5 Å². The number of benzene rings is 2. The summed E-state index contributed by atoms with van der Waals surface area (Å²) >= 11 is 0. The van der Waals surface area contributed by atoms with Crippen LogP contribution in [0.2, 0.25) is 0 Å². The lowest BCUT2D eigenvalue weighted by molar-refractivity contribution is -0.384. The number of ketones is 1. The maximum atomic E-state index is 12.6. The van der Waals surface area contributed by atoms with Crippen molar-refractivity contribution in [3.63, 3.8) is 0 Å². The first-order valence-electron chi connectivity index (χ1n) is 9.77. The number of nitro groups is 1. The van der Waals surface area contributed by atoms with Crippen LogP contribution < -0.4 is 19.3 Å². The predicted molar refractivity (Wildman–Crippen MR) is 113 cm³/mol. The highest BCUT2D eigenvalue weighted by Crippen LogP contribution is 2.39. The fourth-order valence-electron chi connectivity index (χ4n) is 3.89. The number of hydrogen-bond donors (Lipinski definition) is 0. The third-order valence-electron chi connectivity index (χ3n) is 5.62. The predicted octanol–water partition coefficient (Wildman–Crippen LogP) is 1.92. The average molecular weight is 426 g/mol. The van der Waals surface area contributed by atoms with Gasteiger partial charge in [0.15, 0.2) is 11.5 Å². The lowest BCUT2D eigenvalue weighted by Crippen LogP contribution is -2.51. The summed E-state index contributed by atoms with van der Waals surface area (Å²) < 4.78 is 10.6. The van der Waals surface area contributed by atoms with Crippen molar-refractivity contribution in [2.75, 3.05) is 56.9 Å². The molecule has 1 fully saturated rings. The van der Waals surface area contributed by atoms with Crippen molar-refractivity contribution in [3.05, 3.63) is 52.1 Å². The molecule has 10 heteroatoms. The van der Waals surface area contributed by atoms with E-state index in [0.717, 1.165) is 5.69 Å². The molecular formula is C21H22N4O6. The third kappa shape index (κ3) is 3.77. The number of rotatable bonds is 6. The molecule has 0 atom stereocenters. The number of carbonyl (C=O) groups excluding carboxylic acids is 2. The highest BCUT2D eigenvalue weighted by atomic mass is 16.6. The fourth-order valence-corrected chi connectivity index (χ4v) is 3.89. The average Bonchev–Trinajstić information content (AvgIpc) is 3.02. The van der Waals surface area contributed by atoms with Crippen molar-refractivity contribution >= 4 is 28.8 Å². The molecule has 0 saturated carbocycles. The molecule has 4 rings (SSSR count). The summed E-state index contributed by atoms with van der Waals surface area (Å²) in [7, 11) is 2.98. The van der Waals surface area contributed by atoms with Gasteiger partial charge in [-0.05, 0) is 18.2 Å². The van der Waals surface area contributed by atoms with E-state index in [4.69, 9.17) is 9.47 Å².